The molecular formula is C33H40N4O6. The molecule has 2 aromatic heterocycles. The van der Waals surface area contributed by atoms with Crippen molar-refractivity contribution in [2.45, 2.75) is 86.5 Å². The van der Waals surface area contributed by atoms with Crippen LogP contribution in [0.4, 0.5) is 0 Å². The molecule has 2 amide bonds. The quantitative estimate of drug-likeness (QED) is 0.215. The van der Waals surface area contributed by atoms with Gasteiger partial charge >= 0.3 is 11.9 Å². The zero-order chi connectivity index (χ0) is 32.0. The molecule has 0 saturated carbocycles. The molecule has 0 spiro atoms. The van der Waals surface area contributed by atoms with Gasteiger partial charge in [0.2, 0.25) is 0 Å². The summed E-state index contributed by atoms with van der Waals surface area (Å²) in [5, 5.41) is 24.9. The van der Waals surface area contributed by atoms with Gasteiger partial charge in [0.25, 0.3) is 11.8 Å². The monoisotopic (exact) mass is 590 g/mol. The van der Waals surface area contributed by atoms with E-state index in [1.165, 1.54) is 0 Å². The Bertz CT molecular complexity index is 1570. The molecule has 0 atom stereocenters. The van der Waals surface area contributed by atoms with E-state index in [1.807, 2.05) is 53.7 Å². The SMILES string of the molecule is CC1=C(C)/C(=C/c2[nH]c(C(C)(C)c3[nH]c(/C=C4/NC(=O)C(C)=C4C)c(C)c3CC[13C](=O)O)c(CC[13C](=O)O)c2C)NC1=O. The van der Waals surface area contributed by atoms with E-state index in [4.69, 9.17) is 0 Å². The van der Waals surface area contributed by atoms with Crippen LogP contribution in [-0.2, 0) is 37.4 Å². The molecule has 2 aromatic rings. The van der Waals surface area contributed by atoms with Gasteiger partial charge in [-0.05, 0) is 114 Å². The maximum absolute atomic E-state index is 12.3. The summed E-state index contributed by atoms with van der Waals surface area (Å²) in [4.78, 5) is 54.9. The van der Waals surface area contributed by atoms with E-state index in [9.17, 15) is 29.4 Å². The largest absolute Gasteiger partial charge is 0.481 e. The minimum atomic E-state index is -0.911. The Morgan fingerprint density at radius 3 is 1.28 bits per heavy atom. The lowest BCUT2D eigenvalue weighted by molar-refractivity contribution is -0.138. The molecule has 0 fully saturated rings. The fraction of sp³-hybridized carbons (Fsp3) is 0.394. The Kier molecular flexibility index (Phi) is 8.44. The van der Waals surface area contributed by atoms with Crippen molar-refractivity contribution < 1.29 is 29.4 Å². The molecule has 228 valence electrons. The minimum absolute atomic E-state index is 0.0653. The van der Waals surface area contributed by atoms with Crippen molar-refractivity contribution in [3.63, 3.8) is 0 Å². The summed E-state index contributed by atoms with van der Waals surface area (Å²) in [6.07, 6.45) is 4.20. The molecule has 0 aliphatic carbocycles. The van der Waals surface area contributed by atoms with Crippen LogP contribution >= 0.6 is 0 Å². The number of carbonyl (C=O) groups is 4. The first-order valence-electron chi connectivity index (χ1n) is 14.3. The van der Waals surface area contributed by atoms with E-state index in [0.29, 0.717) is 22.5 Å². The summed E-state index contributed by atoms with van der Waals surface area (Å²) < 4.78 is 0. The van der Waals surface area contributed by atoms with E-state index in [2.05, 4.69) is 20.6 Å². The summed E-state index contributed by atoms with van der Waals surface area (Å²) in [5.41, 5.74) is 10.2. The third-order valence-corrected chi connectivity index (χ3v) is 8.95. The second-order valence-electron chi connectivity index (χ2n) is 12.0. The number of carboxylic acid groups (broad SMARTS) is 2. The highest BCUT2D eigenvalue weighted by Crippen LogP contribution is 2.40. The Balaban J connectivity index is 1.90. The number of carbonyl (C=O) groups excluding carboxylic acids is 2. The number of nitrogens with one attached hydrogen (secondary N) is 4. The molecule has 2 aliphatic rings. The second kappa shape index (κ2) is 11.6. The highest BCUT2D eigenvalue weighted by Gasteiger charge is 2.35. The lowest BCUT2D eigenvalue weighted by Gasteiger charge is -2.27. The molecule has 4 rings (SSSR count). The molecule has 0 unspecified atom stereocenters. The predicted molar refractivity (Wildman–Crippen MR) is 164 cm³/mol. The van der Waals surface area contributed by atoms with Crippen LogP contribution < -0.4 is 10.6 Å². The number of hydrogen-bond acceptors (Lipinski definition) is 4. The zero-order valence-corrected chi connectivity index (χ0v) is 26.0. The Morgan fingerprint density at radius 2 is 1.00 bits per heavy atom. The van der Waals surface area contributed by atoms with E-state index in [-0.39, 0.29) is 37.5 Å². The number of aliphatic carboxylic acids is 2. The van der Waals surface area contributed by atoms with Crippen molar-refractivity contribution in [3.05, 3.63) is 78.7 Å². The Labute approximate surface area is 251 Å². The van der Waals surface area contributed by atoms with E-state index in [1.54, 1.807) is 13.8 Å². The smallest absolute Gasteiger partial charge is 0.303 e. The van der Waals surface area contributed by atoms with Gasteiger partial charge in [0, 0.05) is 63.6 Å². The molecule has 6 N–H and O–H groups in total. The highest BCUT2D eigenvalue weighted by atomic mass is 16.5. The van der Waals surface area contributed by atoms with Gasteiger partial charge in [0.15, 0.2) is 0 Å². The number of amides is 2. The van der Waals surface area contributed by atoms with Gasteiger partial charge in [0.05, 0.1) is 0 Å². The Hall–Kier alpha value is -4.60. The van der Waals surface area contributed by atoms with Crippen LogP contribution in [0, 0.1) is 13.8 Å². The van der Waals surface area contributed by atoms with Gasteiger partial charge in [-0.1, -0.05) is 0 Å². The molecule has 0 bridgehead atoms. The first-order valence-corrected chi connectivity index (χ1v) is 14.3. The molecule has 10 nitrogen and oxygen atoms in total. The van der Waals surface area contributed by atoms with Crippen LogP contribution in [0.1, 0.15) is 99.4 Å². The van der Waals surface area contributed by atoms with Crippen molar-refractivity contribution in [3.8, 4) is 0 Å². The third kappa shape index (κ3) is 5.86. The minimum Gasteiger partial charge on any atom is -0.481 e. The number of carboxylic acids is 2. The van der Waals surface area contributed by atoms with E-state index >= 15 is 0 Å². The standard InChI is InChI=1S/C33H40N4O6/c1-15-17(3)31(42)36-23(15)13-25-19(5)21(9-11-27(38)39)29(34-25)33(7,8)30-22(10-12-28(40)41)20(6)26(35-30)14-24-16(2)18(4)32(43)37-24/h13-14,34-35H,9-12H2,1-8H3,(H,36,42)(H,37,43)(H,38,39)(H,40,41)/b23-13-,24-14+/i27+1,28+1. The van der Waals surface area contributed by atoms with Crippen LogP contribution in [0.3, 0.4) is 0 Å². The summed E-state index contributed by atoms with van der Waals surface area (Å²) in [7, 11) is 0. The van der Waals surface area contributed by atoms with Crippen molar-refractivity contribution in [1.82, 2.24) is 20.6 Å². The number of H-pyrrole nitrogens is 2. The molecule has 0 saturated heterocycles. The fourth-order valence-corrected chi connectivity index (χ4v) is 5.82. The number of allylic oxidation sites excluding steroid dienone is 2. The second-order valence-corrected chi connectivity index (χ2v) is 12.0. The normalized spacial score (nSPS) is 17.5. The van der Waals surface area contributed by atoms with Crippen molar-refractivity contribution in [2.75, 3.05) is 0 Å². The molecule has 0 radical (unpaired) electrons. The topological polar surface area (TPSA) is 164 Å². The molecule has 10 heteroatoms. The summed E-state index contributed by atoms with van der Waals surface area (Å²) in [6.45, 7) is 15.2. The van der Waals surface area contributed by atoms with Crippen molar-refractivity contribution in [1.29, 1.82) is 0 Å². The fourth-order valence-electron chi connectivity index (χ4n) is 5.82. The van der Waals surface area contributed by atoms with Crippen molar-refractivity contribution in [2.24, 2.45) is 0 Å². The first kappa shape index (κ1) is 31.3. The van der Waals surface area contributed by atoms with Crippen LogP contribution in [0.25, 0.3) is 12.2 Å². The van der Waals surface area contributed by atoms with Gasteiger partial charge in [-0.25, -0.2) is 0 Å². The van der Waals surface area contributed by atoms with Gasteiger partial charge in [-0.15, -0.1) is 0 Å². The number of rotatable bonds is 10. The van der Waals surface area contributed by atoms with Gasteiger partial charge in [-0.3, -0.25) is 19.2 Å². The summed E-state index contributed by atoms with van der Waals surface area (Å²) in [6, 6.07) is 0. The zero-order valence-electron chi connectivity index (χ0n) is 26.0. The maximum Gasteiger partial charge on any atom is 0.303 e. The average Bonchev–Trinajstić information content (AvgIpc) is 3.58. The van der Waals surface area contributed by atoms with Crippen LogP contribution in [0.15, 0.2) is 33.7 Å². The molecule has 0 aromatic carbocycles. The number of aromatic amines is 2. The lowest BCUT2D eigenvalue weighted by atomic mass is 9.79. The van der Waals surface area contributed by atoms with Gasteiger partial charge in [0.1, 0.15) is 0 Å². The molecule has 2 aliphatic heterocycles. The Morgan fingerprint density at radius 1 is 0.651 bits per heavy atom. The molecule has 4 heterocycles. The third-order valence-electron chi connectivity index (χ3n) is 8.95. The van der Waals surface area contributed by atoms with Gasteiger partial charge in [-0.2, -0.15) is 0 Å². The van der Waals surface area contributed by atoms with Crippen LogP contribution in [0.2, 0.25) is 0 Å². The average molecular weight is 591 g/mol. The van der Waals surface area contributed by atoms with Crippen LogP contribution in [-0.4, -0.2) is 43.9 Å². The highest BCUT2D eigenvalue weighted by molar-refractivity contribution is 6.01. The molecule has 43 heavy (non-hydrogen) atoms. The number of hydrogen-bond donors (Lipinski definition) is 6. The number of aromatic nitrogens is 2. The summed E-state index contributed by atoms with van der Waals surface area (Å²) >= 11 is 0. The predicted octanol–water partition coefficient (Wildman–Crippen LogP) is 4.93. The van der Waals surface area contributed by atoms with Gasteiger partial charge < -0.3 is 30.8 Å². The van der Waals surface area contributed by atoms with Crippen LogP contribution in [0.5, 0.6) is 0 Å². The molecular weight excluding hydrogens is 550 g/mol. The van der Waals surface area contributed by atoms with E-state index < -0.39 is 17.4 Å². The summed E-state index contributed by atoms with van der Waals surface area (Å²) in [5.74, 6) is -2.12. The lowest BCUT2D eigenvalue weighted by Crippen LogP contribution is -2.24. The maximum atomic E-state index is 12.3. The van der Waals surface area contributed by atoms with E-state index in [0.717, 1.165) is 56.2 Å². The van der Waals surface area contributed by atoms with Crippen molar-refractivity contribution >= 4 is 35.9 Å². The first-order chi connectivity index (χ1) is 20.0.